The molecule has 0 aromatic carbocycles. The zero-order valence-corrected chi connectivity index (χ0v) is 9.45. The monoisotopic (exact) mass is 195 g/mol. The highest BCUT2D eigenvalue weighted by Crippen LogP contribution is 1.99. The van der Waals surface area contributed by atoms with E-state index in [-0.39, 0.29) is 0 Å². The summed E-state index contributed by atoms with van der Waals surface area (Å²) in [4.78, 5) is 4.30. The minimum absolute atomic E-state index is 0.772. The van der Waals surface area contributed by atoms with Gasteiger partial charge in [0.15, 0.2) is 0 Å². The van der Waals surface area contributed by atoms with Crippen molar-refractivity contribution in [3.05, 3.63) is 18.2 Å². The predicted octanol–water partition coefficient (Wildman–Crippen LogP) is 2.04. The Morgan fingerprint density at radius 3 is 2.93 bits per heavy atom. The number of rotatable bonds is 6. The number of aryl methyl sites for hydroxylation is 1. The van der Waals surface area contributed by atoms with Gasteiger partial charge in [-0.2, -0.15) is 0 Å². The number of imidazole rings is 1. The van der Waals surface area contributed by atoms with E-state index in [1.807, 2.05) is 12.4 Å². The first-order valence-corrected chi connectivity index (χ1v) is 5.44. The number of nitrogens with one attached hydrogen (secondary N) is 1. The van der Waals surface area contributed by atoms with Gasteiger partial charge in [0, 0.05) is 18.9 Å². The van der Waals surface area contributed by atoms with Crippen molar-refractivity contribution < 1.29 is 0 Å². The molecule has 1 aromatic heterocycles. The Balaban J connectivity index is 2.24. The van der Waals surface area contributed by atoms with E-state index in [0.717, 1.165) is 31.4 Å². The Morgan fingerprint density at radius 1 is 1.50 bits per heavy atom. The molecular weight excluding hydrogens is 174 g/mol. The quantitative estimate of drug-likeness (QED) is 0.704. The number of nitrogens with zero attached hydrogens (tertiary/aromatic N) is 2. The minimum atomic E-state index is 0.772. The van der Waals surface area contributed by atoms with Crippen molar-refractivity contribution >= 4 is 0 Å². The van der Waals surface area contributed by atoms with Gasteiger partial charge in [0.2, 0.25) is 0 Å². The lowest BCUT2D eigenvalue weighted by molar-refractivity contribution is 0.524. The molecule has 3 heteroatoms. The maximum atomic E-state index is 4.30. The first-order valence-electron chi connectivity index (χ1n) is 5.44. The molecule has 0 saturated heterocycles. The molecular formula is C11H21N3. The van der Waals surface area contributed by atoms with Crippen molar-refractivity contribution in [2.45, 2.75) is 40.3 Å². The third kappa shape index (κ3) is 3.50. The molecule has 14 heavy (non-hydrogen) atoms. The summed E-state index contributed by atoms with van der Waals surface area (Å²) in [6, 6.07) is 0. The van der Waals surface area contributed by atoms with E-state index in [1.54, 1.807) is 0 Å². The highest BCUT2D eigenvalue weighted by atomic mass is 15.1. The molecule has 0 fully saturated rings. The first kappa shape index (κ1) is 11.2. The van der Waals surface area contributed by atoms with Crippen LogP contribution in [0, 0.1) is 5.92 Å². The van der Waals surface area contributed by atoms with Gasteiger partial charge in [-0.3, -0.25) is 0 Å². The standard InChI is InChI=1S/C11H21N3/c1-4-14-8-7-13-11(14)9-12-6-5-10(2)3/h7-8,10,12H,4-6,9H2,1-3H3. The largest absolute Gasteiger partial charge is 0.334 e. The average molecular weight is 195 g/mol. The first-order chi connectivity index (χ1) is 6.74. The summed E-state index contributed by atoms with van der Waals surface area (Å²) in [7, 11) is 0. The summed E-state index contributed by atoms with van der Waals surface area (Å²) in [5.41, 5.74) is 0. The second-order valence-corrected chi connectivity index (χ2v) is 3.99. The van der Waals surface area contributed by atoms with Crippen molar-refractivity contribution in [1.29, 1.82) is 0 Å². The van der Waals surface area contributed by atoms with E-state index >= 15 is 0 Å². The van der Waals surface area contributed by atoms with Gasteiger partial charge >= 0.3 is 0 Å². The Bertz CT molecular complexity index is 253. The van der Waals surface area contributed by atoms with Crippen LogP contribution in [0.25, 0.3) is 0 Å². The summed E-state index contributed by atoms with van der Waals surface area (Å²) in [6.45, 7) is 9.59. The zero-order chi connectivity index (χ0) is 10.4. The van der Waals surface area contributed by atoms with Crippen LogP contribution in [0.3, 0.4) is 0 Å². The minimum Gasteiger partial charge on any atom is -0.334 e. The average Bonchev–Trinajstić information content (AvgIpc) is 2.59. The molecule has 0 radical (unpaired) electrons. The third-order valence-electron chi connectivity index (χ3n) is 2.32. The lowest BCUT2D eigenvalue weighted by atomic mass is 10.1. The van der Waals surface area contributed by atoms with Crippen LogP contribution in [-0.4, -0.2) is 16.1 Å². The zero-order valence-electron chi connectivity index (χ0n) is 9.45. The molecule has 0 bridgehead atoms. The Hall–Kier alpha value is -0.830. The number of aromatic nitrogens is 2. The second kappa shape index (κ2) is 5.81. The molecule has 0 atom stereocenters. The highest BCUT2D eigenvalue weighted by molar-refractivity contribution is 4.91. The molecule has 0 spiro atoms. The van der Waals surface area contributed by atoms with Crippen LogP contribution in [0.2, 0.25) is 0 Å². The lowest BCUT2D eigenvalue weighted by Crippen LogP contribution is -2.19. The SMILES string of the molecule is CCn1ccnc1CNCCC(C)C. The fraction of sp³-hybridized carbons (Fsp3) is 0.727. The summed E-state index contributed by atoms with van der Waals surface area (Å²) in [5.74, 6) is 1.91. The molecule has 3 nitrogen and oxygen atoms in total. The second-order valence-electron chi connectivity index (χ2n) is 3.99. The summed E-state index contributed by atoms with van der Waals surface area (Å²) < 4.78 is 2.17. The number of hydrogen-bond acceptors (Lipinski definition) is 2. The van der Waals surface area contributed by atoms with Gasteiger partial charge in [0.25, 0.3) is 0 Å². The van der Waals surface area contributed by atoms with Crippen LogP contribution >= 0.6 is 0 Å². The van der Waals surface area contributed by atoms with Crippen LogP contribution < -0.4 is 5.32 Å². The van der Waals surface area contributed by atoms with Gasteiger partial charge in [-0.05, 0) is 25.8 Å². The van der Waals surface area contributed by atoms with Crippen molar-refractivity contribution in [3.8, 4) is 0 Å². The van der Waals surface area contributed by atoms with Gasteiger partial charge in [0.05, 0.1) is 6.54 Å². The maximum absolute atomic E-state index is 4.30. The highest BCUT2D eigenvalue weighted by Gasteiger charge is 2.00. The van der Waals surface area contributed by atoms with Crippen LogP contribution in [-0.2, 0) is 13.1 Å². The lowest BCUT2D eigenvalue weighted by Gasteiger charge is -2.07. The predicted molar refractivity (Wildman–Crippen MR) is 59.1 cm³/mol. The topological polar surface area (TPSA) is 29.9 Å². The fourth-order valence-corrected chi connectivity index (χ4v) is 1.39. The van der Waals surface area contributed by atoms with Gasteiger partial charge in [0.1, 0.15) is 5.82 Å². The molecule has 0 aliphatic carbocycles. The number of hydrogen-bond donors (Lipinski definition) is 1. The van der Waals surface area contributed by atoms with E-state index in [2.05, 4.69) is 35.6 Å². The molecule has 0 aliphatic heterocycles. The fourth-order valence-electron chi connectivity index (χ4n) is 1.39. The van der Waals surface area contributed by atoms with Crippen LogP contribution in [0.15, 0.2) is 12.4 Å². The van der Waals surface area contributed by atoms with Crippen molar-refractivity contribution in [2.75, 3.05) is 6.54 Å². The van der Waals surface area contributed by atoms with Gasteiger partial charge < -0.3 is 9.88 Å². The molecule has 80 valence electrons. The van der Waals surface area contributed by atoms with E-state index in [9.17, 15) is 0 Å². The van der Waals surface area contributed by atoms with Crippen LogP contribution in [0.1, 0.15) is 33.0 Å². The van der Waals surface area contributed by atoms with E-state index in [0.29, 0.717) is 0 Å². The van der Waals surface area contributed by atoms with Gasteiger partial charge in [-0.15, -0.1) is 0 Å². The summed E-state index contributed by atoms with van der Waals surface area (Å²) in [5, 5.41) is 3.41. The molecule has 0 unspecified atom stereocenters. The molecule has 0 saturated carbocycles. The molecule has 0 amide bonds. The Kier molecular flexibility index (Phi) is 4.66. The van der Waals surface area contributed by atoms with Crippen molar-refractivity contribution in [3.63, 3.8) is 0 Å². The smallest absolute Gasteiger partial charge is 0.122 e. The van der Waals surface area contributed by atoms with Gasteiger partial charge in [-0.1, -0.05) is 13.8 Å². The molecule has 1 heterocycles. The van der Waals surface area contributed by atoms with Crippen molar-refractivity contribution in [1.82, 2.24) is 14.9 Å². The summed E-state index contributed by atoms with van der Waals surface area (Å²) >= 11 is 0. The van der Waals surface area contributed by atoms with Crippen LogP contribution in [0.5, 0.6) is 0 Å². The van der Waals surface area contributed by atoms with Crippen molar-refractivity contribution in [2.24, 2.45) is 5.92 Å². The Morgan fingerprint density at radius 2 is 2.29 bits per heavy atom. The van der Waals surface area contributed by atoms with E-state index in [4.69, 9.17) is 0 Å². The van der Waals surface area contributed by atoms with E-state index < -0.39 is 0 Å². The van der Waals surface area contributed by atoms with E-state index in [1.165, 1.54) is 6.42 Å². The maximum Gasteiger partial charge on any atom is 0.122 e. The molecule has 1 aromatic rings. The van der Waals surface area contributed by atoms with Gasteiger partial charge in [-0.25, -0.2) is 4.98 Å². The van der Waals surface area contributed by atoms with Crippen LogP contribution in [0.4, 0.5) is 0 Å². The normalized spacial score (nSPS) is 11.1. The molecule has 0 aliphatic rings. The summed E-state index contributed by atoms with van der Waals surface area (Å²) in [6.07, 6.45) is 5.12. The molecule has 1 N–H and O–H groups in total. The third-order valence-corrected chi connectivity index (χ3v) is 2.32. The Labute approximate surface area is 86.5 Å². The molecule has 1 rings (SSSR count).